The number of piperidine rings is 1. The second-order valence-corrected chi connectivity index (χ2v) is 8.50. The number of aliphatic hydroxyl groups is 1. The van der Waals surface area contributed by atoms with Crippen LogP contribution in [0.2, 0.25) is 0 Å². The fourth-order valence-corrected chi connectivity index (χ4v) is 4.57. The van der Waals surface area contributed by atoms with Crippen LogP contribution in [0.1, 0.15) is 37.7 Å². The summed E-state index contributed by atoms with van der Waals surface area (Å²) in [4.78, 5) is 4.79. The number of hydrogen-bond donors (Lipinski definition) is 1. The molecule has 0 amide bonds. The molecule has 3 heterocycles. The Labute approximate surface area is 168 Å². The predicted molar refractivity (Wildman–Crippen MR) is 108 cm³/mol. The molecule has 1 atom stereocenters. The van der Waals surface area contributed by atoms with E-state index < -0.39 is 6.10 Å². The minimum atomic E-state index is -0.470. The quantitative estimate of drug-likeness (QED) is 0.735. The average Bonchev–Trinajstić information content (AvgIpc) is 3.19. The van der Waals surface area contributed by atoms with Crippen molar-refractivity contribution in [1.29, 1.82) is 0 Å². The average molecular weight is 391 g/mol. The number of aliphatic hydroxyl groups excluding tert-OH is 1. The van der Waals surface area contributed by atoms with Crippen LogP contribution in [0.5, 0.6) is 11.5 Å². The van der Waals surface area contributed by atoms with E-state index in [1.807, 2.05) is 12.1 Å². The van der Waals surface area contributed by atoms with Gasteiger partial charge in [-0.05, 0) is 51.3 Å². The topological polar surface area (TPSA) is 54.4 Å². The molecule has 1 aromatic carbocycles. The van der Waals surface area contributed by atoms with Crippen molar-refractivity contribution in [2.75, 3.05) is 53.0 Å². The highest BCUT2D eigenvalue weighted by atomic mass is 16.5. The molecule has 3 aliphatic rings. The Morgan fingerprint density at radius 1 is 1.11 bits per heavy atom. The van der Waals surface area contributed by atoms with Crippen molar-refractivity contribution in [3.63, 3.8) is 0 Å². The summed E-state index contributed by atoms with van der Waals surface area (Å²) in [6.07, 6.45) is 5.45. The van der Waals surface area contributed by atoms with Gasteiger partial charge in [-0.1, -0.05) is 6.07 Å². The van der Waals surface area contributed by atoms with Gasteiger partial charge in [0.25, 0.3) is 0 Å². The molecule has 1 spiro atoms. The van der Waals surface area contributed by atoms with Crippen LogP contribution in [0.3, 0.4) is 0 Å². The molecule has 1 N–H and O–H groups in total. The molecule has 3 fully saturated rings. The van der Waals surface area contributed by atoms with Gasteiger partial charge >= 0.3 is 0 Å². The number of rotatable bonds is 8. The summed E-state index contributed by atoms with van der Waals surface area (Å²) in [6.45, 7) is 7.07. The Morgan fingerprint density at radius 3 is 2.50 bits per heavy atom. The van der Waals surface area contributed by atoms with Gasteiger partial charge in [-0.15, -0.1) is 0 Å². The molecule has 1 aromatic rings. The largest absolute Gasteiger partial charge is 0.497 e. The van der Waals surface area contributed by atoms with Gasteiger partial charge in [0.2, 0.25) is 0 Å². The van der Waals surface area contributed by atoms with Crippen LogP contribution < -0.4 is 9.47 Å². The SMILES string of the molecule is COc1ccc(CN2CCC3(CCO3)CC2)c(OC[C@H](O)CN2CCCC2)c1. The first kappa shape index (κ1) is 20.0. The fraction of sp³-hybridized carbons (Fsp3) is 0.727. The third kappa shape index (κ3) is 4.79. The second-order valence-electron chi connectivity index (χ2n) is 8.50. The zero-order valence-electron chi connectivity index (χ0n) is 17.1. The van der Waals surface area contributed by atoms with E-state index >= 15 is 0 Å². The molecule has 6 heteroatoms. The molecular weight excluding hydrogens is 356 g/mol. The molecule has 28 heavy (non-hydrogen) atoms. The molecule has 0 unspecified atom stereocenters. The maximum Gasteiger partial charge on any atom is 0.127 e. The van der Waals surface area contributed by atoms with Gasteiger partial charge in [0.05, 0.1) is 19.3 Å². The maximum atomic E-state index is 10.4. The number of hydrogen-bond acceptors (Lipinski definition) is 6. The minimum absolute atomic E-state index is 0.176. The monoisotopic (exact) mass is 390 g/mol. The summed E-state index contributed by atoms with van der Waals surface area (Å²) in [5.74, 6) is 1.60. The van der Waals surface area contributed by atoms with E-state index in [0.717, 1.165) is 69.2 Å². The van der Waals surface area contributed by atoms with Gasteiger partial charge in [-0.3, -0.25) is 4.90 Å². The van der Waals surface area contributed by atoms with Gasteiger partial charge in [-0.2, -0.15) is 0 Å². The maximum absolute atomic E-state index is 10.4. The van der Waals surface area contributed by atoms with E-state index in [4.69, 9.17) is 14.2 Å². The lowest BCUT2D eigenvalue weighted by Crippen LogP contribution is -2.52. The van der Waals surface area contributed by atoms with Crippen molar-refractivity contribution in [1.82, 2.24) is 9.80 Å². The number of likely N-dealkylation sites (tertiary alicyclic amines) is 2. The highest BCUT2D eigenvalue weighted by molar-refractivity contribution is 5.40. The first-order valence-electron chi connectivity index (χ1n) is 10.7. The summed E-state index contributed by atoms with van der Waals surface area (Å²) in [5, 5.41) is 10.4. The van der Waals surface area contributed by atoms with Crippen molar-refractivity contribution >= 4 is 0 Å². The number of β-amino-alcohol motifs (C(OH)–C–C–N with tert-alkyl or cyclic N) is 1. The van der Waals surface area contributed by atoms with E-state index in [1.165, 1.54) is 19.3 Å². The molecule has 0 radical (unpaired) electrons. The van der Waals surface area contributed by atoms with Crippen molar-refractivity contribution in [3.8, 4) is 11.5 Å². The van der Waals surface area contributed by atoms with Gasteiger partial charge < -0.3 is 24.2 Å². The van der Waals surface area contributed by atoms with Gasteiger partial charge in [0.1, 0.15) is 24.2 Å². The molecule has 0 bridgehead atoms. The molecule has 0 saturated carbocycles. The Kier molecular flexibility index (Phi) is 6.41. The van der Waals surface area contributed by atoms with Crippen LogP contribution in [0.25, 0.3) is 0 Å². The van der Waals surface area contributed by atoms with Gasteiger partial charge in [0, 0.05) is 37.8 Å². The normalized spacial score (nSPS) is 23.5. The lowest BCUT2D eigenvalue weighted by atomic mass is 9.84. The third-order valence-corrected chi connectivity index (χ3v) is 6.50. The van der Waals surface area contributed by atoms with E-state index in [0.29, 0.717) is 13.2 Å². The first-order chi connectivity index (χ1) is 13.7. The summed E-state index contributed by atoms with van der Waals surface area (Å²) in [7, 11) is 1.67. The van der Waals surface area contributed by atoms with Crippen LogP contribution in [-0.4, -0.2) is 79.7 Å². The second kappa shape index (κ2) is 8.99. The molecule has 0 aliphatic carbocycles. The zero-order valence-corrected chi connectivity index (χ0v) is 17.1. The Bertz CT molecular complexity index is 633. The van der Waals surface area contributed by atoms with Gasteiger partial charge in [-0.25, -0.2) is 0 Å². The molecule has 0 aromatic heterocycles. The molecule has 156 valence electrons. The first-order valence-corrected chi connectivity index (χ1v) is 10.7. The summed E-state index contributed by atoms with van der Waals surface area (Å²) >= 11 is 0. The van der Waals surface area contributed by atoms with Crippen molar-refractivity contribution < 1.29 is 19.3 Å². The Morgan fingerprint density at radius 2 is 1.86 bits per heavy atom. The van der Waals surface area contributed by atoms with E-state index in [2.05, 4.69) is 15.9 Å². The van der Waals surface area contributed by atoms with Crippen molar-refractivity contribution in [2.45, 2.75) is 50.4 Å². The Balaban J connectivity index is 1.34. The van der Waals surface area contributed by atoms with E-state index in [-0.39, 0.29) is 5.60 Å². The molecular formula is C22H34N2O4. The van der Waals surface area contributed by atoms with Crippen molar-refractivity contribution in [2.24, 2.45) is 0 Å². The van der Waals surface area contributed by atoms with E-state index in [1.54, 1.807) is 7.11 Å². The van der Waals surface area contributed by atoms with Crippen LogP contribution >= 0.6 is 0 Å². The lowest BCUT2D eigenvalue weighted by molar-refractivity contribution is -0.173. The predicted octanol–water partition coefficient (Wildman–Crippen LogP) is 2.29. The molecule has 6 nitrogen and oxygen atoms in total. The smallest absolute Gasteiger partial charge is 0.127 e. The highest BCUT2D eigenvalue weighted by Crippen LogP contribution is 2.37. The van der Waals surface area contributed by atoms with Crippen LogP contribution in [0.15, 0.2) is 18.2 Å². The number of benzene rings is 1. The number of methoxy groups -OCH3 is 1. The minimum Gasteiger partial charge on any atom is -0.497 e. The van der Waals surface area contributed by atoms with Crippen LogP contribution in [0, 0.1) is 0 Å². The summed E-state index contributed by atoms with van der Waals surface area (Å²) < 4.78 is 17.3. The van der Waals surface area contributed by atoms with Crippen LogP contribution in [0.4, 0.5) is 0 Å². The molecule has 3 saturated heterocycles. The van der Waals surface area contributed by atoms with Gasteiger partial charge in [0.15, 0.2) is 0 Å². The molecule has 3 aliphatic heterocycles. The zero-order chi connectivity index (χ0) is 19.4. The lowest BCUT2D eigenvalue weighted by Gasteiger charge is -2.47. The summed E-state index contributed by atoms with van der Waals surface area (Å²) in [5.41, 5.74) is 1.33. The van der Waals surface area contributed by atoms with Crippen molar-refractivity contribution in [3.05, 3.63) is 23.8 Å². The highest BCUT2D eigenvalue weighted by Gasteiger charge is 2.41. The Hall–Kier alpha value is -1.34. The van der Waals surface area contributed by atoms with E-state index in [9.17, 15) is 5.11 Å². The summed E-state index contributed by atoms with van der Waals surface area (Å²) in [6, 6.07) is 6.02. The molecule has 4 rings (SSSR count). The fourth-order valence-electron chi connectivity index (χ4n) is 4.57. The third-order valence-electron chi connectivity index (χ3n) is 6.50. The standard InChI is InChI=1S/C22H34N2O4/c1-26-20-5-4-18(15-24-11-6-22(7-12-24)8-13-28-22)21(14-20)27-17-19(25)16-23-9-2-3-10-23/h4-5,14,19,25H,2-3,6-13,15-17H2,1H3/t19-/m1/s1. The number of ether oxygens (including phenoxy) is 3. The number of nitrogens with zero attached hydrogens (tertiary/aromatic N) is 2. The van der Waals surface area contributed by atoms with Crippen LogP contribution in [-0.2, 0) is 11.3 Å².